The molecule has 0 N–H and O–H groups in total. The number of hydrogen-bond donors (Lipinski definition) is 0. The van der Waals surface area contributed by atoms with Gasteiger partial charge in [0.2, 0.25) is 0 Å². The minimum Gasteiger partial charge on any atom is -0.455 e. The molecule has 0 bridgehead atoms. The molecule has 0 aliphatic carbocycles. The van der Waals surface area contributed by atoms with Crippen LogP contribution in [-0.4, -0.2) is 4.98 Å². The summed E-state index contributed by atoms with van der Waals surface area (Å²) >= 11 is 0. The van der Waals surface area contributed by atoms with Gasteiger partial charge in [-0.1, -0.05) is 136 Å². The van der Waals surface area contributed by atoms with Crippen LogP contribution in [0.3, 0.4) is 0 Å². The molecule has 10 aromatic rings. The number of furan rings is 1. The van der Waals surface area contributed by atoms with Crippen molar-refractivity contribution in [3.8, 4) is 33.4 Å². The van der Waals surface area contributed by atoms with Gasteiger partial charge in [0.25, 0.3) is 0 Å². The average Bonchev–Trinajstić information content (AvgIpc) is 3.52. The topological polar surface area (TPSA) is 26.0 Å². The molecule has 232 valence electrons. The SMILES string of the molecule is CC(C)(C)c1cc2ccc3c(-c4ccc(-c5cccc6c5oc5ccccc56)cc4)cc(-c4cnc5ccccc5c4)c4ccc(c1)c2c34. The molecule has 0 saturated heterocycles. The number of pyridine rings is 1. The van der Waals surface area contributed by atoms with Crippen LogP contribution in [0.1, 0.15) is 26.3 Å². The molecular formula is C47H33NO. The van der Waals surface area contributed by atoms with E-state index in [-0.39, 0.29) is 5.41 Å². The van der Waals surface area contributed by atoms with Crippen molar-refractivity contribution in [3.05, 3.63) is 151 Å². The van der Waals surface area contributed by atoms with Crippen molar-refractivity contribution in [2.24, 2.45) is 0 Å². The maximum Gasteiger partial charge on any atom is 0.143 e. The zero-order valence-electron chi connectivity index (χ0n) is 27.7. The average molecular weight is 628 g/mol. The van der Waals surface area contributed by atoms with Crippen LogP contribution >= 0.6 is 0 Å². The van der Waals surface area contributed by atoms with Gasteiger partial charge >= 0.3 is 0 Å². The largest absolute Gasteiger partial charge is 0.455 e. The quantitative estimate of drug-likeness (QED) is 0.182. The first kappa shape index (κ1) is 28.1. The Bertz CT molecular complexity index is 2880. The number of benzene rings is 8. The molecule has 2 heterocycles. The summed E-state index contributed by atoms with van der Waals surface area (Å²) in [6.07, 6.45) is 2.03. The molecule has 0 aliphatic rings. The first-order valence-electron chi connectivity index (χ1n) is 17.0. The van der Waals surface area contributed by atoms with Crippen LogP contribution in [0.15, 0.2) is 150 Å². The third-order valence-electron chi connectivity index (χ3n) is 10.4. The lowest BCUT2D eigenvalue weighted by molar-refractivity contribution is 0.591. The minimum atomic E-state index is 0.0615. The second-order valence-corrected chi connectivity index (χ2v) is 14.4. The Labute approximate surface area is 284 Å². The van der Waals surface area contributed by atoms with Gasteiger partial charge in [0.15, 0.2) is 0 Å². The summed E-state index contributed by atoms with van der Waals surface area (Å²) in [6.45, 7) is 6.88. The van der Waals surface area contributed by atoms with E-state index in [0.717, 1.165) is 49.5 Å². The lowest BCUT2D eigenvalue weighted by Crippen LogP contribution is -2.10. The summed E-state index contributed by atoms with van der Waals surface area (Å²) in [5.41, 5.74) is 11.2. The molecule has 0 unspecified atom stereocenters. The number of rotatable bonds is 3. The standard InChI is InChI=1S/C47H33NO/c1-47(2,3)34-24-31-19-21-37-40(29-17-15-28(16-18-29)35-11-8-12-39-36-10-5-7-14-43(36)49-46(35)39)26-41(38-22-20-32(25-34)44(31)45(37)38)33-23-30-9-4-6-13-42(30)48-27-33/h4-27H,1-3H3. The van der Waals surface area contributed by atoms with Gasteiger partial charge in [0.1, 0.15) is 11.2 Å². The summed E-state index contributed by atoms with van der Waals surface area (Å²) in [5.74, 6) is 0. The summed E-state index contributed by atoms with van der Waals surface area (Å²) < 4.78 is 6.39. The van der Waals surface area contributed by atoms with Crippen molar-refractivity contribution in [2.75, 3.05) is 0 Å². The maximum atomic E-state index is 6.39. The molecule has 10 rings (SSSR count). The summed E-state index contributed by atoms with van der Waals surface area (Å²) in [6, 6.07) is 50.8. The van der Waals surface area contributed by atoms with Gasteiger partial charge in [-0.2, -0.15) is 0 Å². The molecule has 0 saturated carbocycles. The monoisotopic (exact) mass is 627 g/mol. The number of aromatic nitrogens is 1. The Kier molecular flexibility index (Phi) is 5.87. The van der Waals surface area contributed by atoms with Crippen LogP contribution in [0.4, 0.5) is 0 Å². The van der Waals surface area contributed by atoms with Crippen molar-refractivity contribution in [1.82, 2.24) is 4.98 Å². The van der Waals surface area contributed by atoms with Crippen molar-refractivity contribution in [3.63, 3.8) is 0 Å². The zero-order chi connectivity index (χ0) is 32.9. The fourth-order valence-electron chi connectivity index (χ4n) is 7.85. The molecule has 0 amide bonds. The third kappa shape index (κ3) is 4.30. The van der Waals surface area contributed by atoms with Crippen LogP contribution in [0, 0.1) is 0 Å². The number of nitrogens with zero attached hydrogens (tertiary/aromatic N) is 1. The number of hydrogen-bond acceptors (Lipinski definition) is 2. The fourth-order valence-corrected chi connectivity index (χ4v) is 7.85. The van der Waals surface area contributed by atoms with Crippen LogP contribution in [0.25, 0.3) is 98.5 Å². The second-order valence-electron chi connectivity index (χ2n) is 14.4. The van der Waals surface area contributed by atoms with Crippen molar-refractivity contribution in [1.29, 1.82) is 0 Å². The predicted octanol–water partition coefficient (Wildman–Crippen LogP) is 13.3. The summed E-state index contributed by atoms with van der Waals surface area (Å²) in [5, 5.41) is 11.2. The molecule has 2 nitrogen and oxygen atoms in total. The first-order chi connectivity index (χ1) is 23.9. The van der Waals surface area contributed by atoms with Crippen LogP contribution < -0.4 is 0 Å². The molecule has 0 radical (unpaired) electrons. The summed E-state index contributed by atoms with van der Waals surface area (Å²) in [4.78, 5) is 4.88. The van der Waals surface area contributed by atoms with Gasteiger partial charge < -0.3 is 4.42 Å². The van der Waals surface area contributed by atoms with Crippen LogP contribution in [-0.2, 0) is 5.41 Å². The normalized spacial score (nSPS) is 12.4. The molecule has 0 aliphatic heterocycles. The van der Waals surface area contributed by atoms with E-state index in [1.165, 1.54) is 54.6 Å². The maximum absolute atomic E-state index is 6.39. The smallest absolute Gasteiger partial charge is 0.143 e. The Morgan fingerprint density at radius 1 is 0.469 bits per heavy atom. The number of fused-ring (bicyclic) bond motifs is 4. The van der Waals surface area contributed by atoms with E-state index in [2.05, 4.69) is 142 Å². The van der Waals surface area contributed by atoms with E-state index in [4.69, 9.17) is 9.40 Å². The summed E-state index contributed by atoms with van der Waals surface area (Å²) in [7, 11) is 0. The fraction of sp³-hybridized carbons (Fsp3) is 0.0851. The van der Waals surface area contributed by atoms with Crippen molar-refractivity contribution < 1.29 is 4.42 Å². The third-order valence-corrected chi connectivity index (χ3v) is 10.4. The predicted molar refractivity (Wildman–Crippen MR) is 208 cm³/mol. The van der Waals surface area contributed by atoms with E-state index in [0.29, 0.717) is 0 Å². The molecular weight excluding hydrogens is 595 g/mol. The van der Waals surface area contributed by atoms with E-state index < -0.39 is 0 Å². The minimum absolute atomic E-state index is 0.0615. The molecule has 0 fully saturated rings. The van der Waals surface area contributed by atoms with Gasteiger partial charge in [-0.3, -0.25) is 4.98 Å². The van der Waals surface area contributed by atoms with Gasteiger partial charge in [-0.25, -0.2) is 0 Å². The molecule has 49 heavy (non-hydrogen) atoms. The highest BCUT2D eigenvalue weighted by Gasteiger charge is 2.21. The lowest BCUT2D eigenvalue weighted by Gasteiger charge is -2.23. The first-order valence-corrected chi connectivity index (χ1v) is 17.0. The van der Waals surface area contributed by atoms with Gasteiger partial charge in [-0.05, 0) is 89.8 Å². The lowest BCUT2D eigenvalue weighted by atomic mass is 9.81. The Balaban J connectivity index is 1.21. The Morgan fingerprint density at radius 2 is 1.12 bits per heavy atom. The second kappa shape index (κ2) is 10.3. The van der Waals surface area contributed by atoms with E-state index in [1.54, 1.807) is 0 Å². The molecule has 0 atom stereocenters. The van der Waals surface area contributed by atoms with E-state index >= 15 is 0 Å². The molecule has 2 aromatic heterocycles. The highest BCUT2D eigenvalue weighted by atomic mass is 16.3. The van der Waals surface area contributed by atoms with Gasteiger partial charge in [-0.15, -0.1) is 0 Å². The van der Waals surface area contributed by atoms with Gasteiger partial charge in [0.05, 0.1) is 5.52 Å². The van der Waals surface area contributed by atoms with Crippen molar-refractivity contribution >= 4 is 65.2 Å². The van der Waals surface area contributed by atoms with E-state index in [9.17, 15) is 0 Å². The molecule has 8 aromatic carbocycles. The van der Waals surface area contributed by atoms with E-state index in [1.807, 2.05) is 24.4 Å². The Hall–Kier alpha value is -5.99. The van der Waals surface area contributed by atoms with Crippen molar-refractivity contribution in [2.45, 2.75) is 26.2 Å². The highest BCUT2D eigenvalue weighted by molar-refractivity contribution is 6.28. The Morgan fingerprint density at radius 3 is 1.88 bits per heavy atom. The van der Waals surface area contributed by atoms with Crippen LogP contribution in [0.5, 0.6) is 0 Å². The number of para-hydroxylation sites is 3. The molecule has 0 spiro atoms. The van der Waals surface area contributed by atoms with Gasteiger partial charge in [0, 0.05) is 33.5 Å². The highest BCUT2D eigenvalue weighted by Crippen LogP contribution is 2.46. The van der Waals surface area contributed by atoms with Crippen LogP contribution in [0.2, 0.25) is 0 Å². The molecule has 2 heteroatoms. The zero-order valence-corrected chi connectivity index (χ0v) is 27.7.